The van der Waals surface area contributed by atoms with Crippen LogP contribution in [0.25, 0.3) is 0 Å². The zero-order chi connectivity index (χ0) is 14.0. The molecule has 0 aliphatic rings. The number of carboxylic acid groups (broad SMARTS) is 1. The number of anilines is 2. The van der Waals surface area contributed by atoms with Crippen molar-refractivity contribution in [1.82, 2.24) is 0 Å². The van der Waals surface area contributed by atoms with Gasteiger partial charge in [-0.25, -0.2) is 4.79 Å². The number of hydrogen-bond donors (Lipinski definition) is 2. The molecule has 0 spiro atoms. The van der Waals surface area contributed by atoms with Crippen LogP contribution in [0.5, 0.6) is 0 Å². The van der Waals surface area contributed by atoms with Crippen LogP contribution in [0.4, 0.5) is 11.4 Å². The molecule has 0 amide bonds. The third kappa shape index (κ3) is 3.13. The number of nitrogens with one attached hydrogen (secondary N) is 1. The molecule has 98 valence electrons. The van der Waals surface area contributed by atoms with E-state index in [1.807, 2.05) is 39.0 Å². The van der Waals surface area contributed by atoms with E-state index in [0.717, 1.165) is 22.4 Å². The lowest BCUT2D eigenvalue weighted by atomic mass is 10.1. The maximum atomic E-state index is 11.3. The number of carboxylic acids is 1. The van der Waals surface area contributed by atoms with E-state index in [9.17, 15) is 9.90 Å². The first kappa shape index (κ1) is 13.1. The summed E-state index contributed by atoms with van der Waals surface area (Å²) in [6, 6.07) is 11.5. The summed E-state index contributed by atoms with van der Waals surface area (Å²) in [5.41, 5.74) is 5.03. The van der Waals surface area contributed by atoms with E-state index in [1.54, 1.807) is 12.1 Å². The van der Waals surface area contributed by atoms with Crippen LogP contribution in [0, 0.1) is 20.8 Å². The molecule has 0 unspecified atom stereocenters. The van der Waals surface area contributed by atoms with E-state index in [1.165, 1.54) is 0 Å². The standard InChI is InChI=1S/C16H17NO2/c1-10-4-5-15(14(9-10)16(18)19)17-13-7-11(2)6-12(3)8-13/h4-9,17H,1-3H3,(H,18,19). The van der Waals surface area contributed by atoms with Gasteiger partial charge in [-0.3, -0.25) is 0 Å². The molecular weight excluding hydrogens is 238 g/mol. The second-order valence-corrected chi connectivity index (χ2v) is 4.86. The quantitative estimate of drug-likeness (QED) is 0.869. The lowest BCUT2D eigenvalue weighted by Gasteiger charge is -2.12. The minimum atomic E-state index is -0.921. The molecule has 0 aromatic heterocycles. The molecule has 0 aliphatic heterocycles. The summed E-state index contributed by atoms with van der Waals surface area (Å²) in [6.45, 7) is 5.92. The lowest BCUT2D eigenvalue weighted by molar-refractivity contribution is 0.0698. The zero-order valence-corrected chi connectivity index (χ0v) is 11.3. The molecular formula is C16H17NO2. The van der Waals surface area contributed by atoms with E-state index < -0.39 is 5.97 Å². The summed E-state index contributed by atoms with van der Waals surface area (Å²) in [6.07, 6.45) is 0. The van der Waals surface area contributed by atoms with Crippen LogP contribution in [0.1, 0.15) is 27.0 Å². The van der Waals surface area contributed by atoms with Crippen LogP contribution in [-0.4, -0.2) is 11.1 Å². The highest BCUT2D eigenvalue weighted by molar-refractivity contribution is 5.95. The maximum absolute atomic E-state index is 11.3. The number of aryl methyl sites for hydroxylation is 3. The highest BCUT2D eigenvalue weighted by atomic mass is 16.4. The highest BCUT2D eigenvalue weighted by Crippen LogP contribution is 2.23. The number of hydrogen-bond acceptors (Lipinski definition) is 2. The predicted molar refractivity (Wildman–Crippen MR) is 77.3 cm³/mol. The maximum Gasteiger partial charge on any atom is 0.337 e. The van der Waals surface area contributed by atoms with E-state index in [2.05, 4.69) is 11.4 Å². The first-order valence-corrected chi connectivity index (χ1v) is 6.15. The molecule has 0 bridgehead atoms. The number of rotatable bonds is 3. The fourth-order valence-electron chi connectivity index (χ4n) is 2.15. The van der Waals surface area contributed by atoms with Gasteiger partial charge in [0.1, 0.15) is 0 Å². The van der Waals surface area contributed by atoms with Gasteiger partial charge in [-0.05, 0) is 56.2 Å². The van der Waals surface area contributed by atoms with E-state index in [0.29, 0.717) is 11.3 Å². The van der Waals surface area contributed by atoms with E-state index in [-0.39, 0.29) is 0 Å². The summed E-state index contributed by atoms with van der Waals surface area (Å²) in [7, 11) is 0. The van der Waals surface area contributed by atoms with Crippen molar-refractivity contribution in [3.05, 3.63) is 58.7 Å². The molecule has 2 rings (SSSR count). The highest BCUT2D eigenvalue weighted by Gasteiger charge is 2.10. The fourth-order valence-corrected chi connectivity index (χ4v) is 2.15. The van der Waals surface area contributed by atoms with Crippen LogP contribution in [0.2, 0.25) is 0 Å². The summed E-state index contributed by atoms with van der Waals surface area (Å²) in [4.78, 5) is 11.3. The van der Waals surface area contributed by atoms with Crippen LogP contribution in [0.3, 0.4) is 0 Å². The van der Waals surface area contributed by atoms with Gasteiger partial charge in [0.15, 0.2) is 0 Å². The Hall–Kier alpha value is -2.29. The van der Waals surface area contributed by atoms with Gasteiger partial charge < -0.3 is 10.4 Å². The van der Waals surface area contributed by atoms with Crippen LogP contribution >= 0.6 is 0 Å². The Bertz CT molecular complexity index is 612. The minimum absolute atomic E-state index is 0.291. The second-order valence-electron chi connectivity index (χ2n) is 4.86. The summed E-state index contributed by atoms with van der Waals surface area (Å²) >= 11 is 0. The molecule has 19 heavy (non-hydrogen) atoms. The third-order valence-electron chi connectivity index (χ3n) is 2.91. The van der Waals surface area contributed by atoms with Crippen LogP contribution in [-0.2, 0) is 0 Å². The summed E-state index contributed by atoms with van der Waals surface area (Å²) < 4.78 is 0. The smallest absolute Gasteiger partial charge is 0.337 e. The van der Waals surface area contributed by atoms with Gasteiger partial charge in [-0.15, -0.1) is 0 Å². The molecule has 2 aromatic rings. The molecule has 0 aliphatic carbocycles. The molecule has 0 saturated carbocycles. The lowest BCUT2D eigenvalue weighted by Crippen LogP contribution is -2.03. The molecule has 2 aromatic carbocycles. The second kappa shape index (κ2) is 5.14. The first-order valence-electron chi connectivity index (χ1n) is 6.15. The molecule has 0 fully saturated rings. The Morgan fingerprint density at radius 3 is 2.16 bits per heavy atom. The first-order chi connectivity index (χ1) is 8.95. The predicted octanol–water partition coefficient (Wildman–Crippen LogP) is 4.05. The van der Waals surface area contributed by atoms with Crippen molar-refractivity contribution < 1.29 is 9.90 Å². The number of aromatic carboxylic acids is 1. The Morgan fingerprint density at radius 1 is 0.947 bits per heavy atom. The van der Waals surface area contributed by atoms with Gasteiger partial charge in [0, 0.05) is 5.69 Å². The van der Waals surface area contributed by atoms with Crippen molar-refractivity contribution in [3.8, 4) is 0 Å². The molecule has 0 radical (unpaired) electrons. The minimum Gasteiger partial charge on any atom is -0.478 e. The van der Waals surface area contributed by atoms with Gasteiger partial charge in [0.2, 0.25) is 0 Å². The number of carbonyl (C=O) groups is 1. The van der Waals surface area contributed by atoms with E-state index >= 15 is 0 Å². The van der Waals surface area contributed by atoms with Crippen molar-refractivity contribution in [1.29, 1.82) is 0 Å². The topological polar surface area (TPSA) is 49.3 Å². The summed E-state index contributed by atoms with van der Waals surface area (Å²) in [5.74, 6) is -0.921. The van der Waals surface area contributed by atoms with Crippen molar-refractivity contribution in [3.63, 3.8) is 0 Å². The van der Waals surface area contributed by atoms with Crippen molar-refractivity contribution in [2.24, 2.45) is 0 Å². The largest absolute Gasteiger partial charge is 0.478 e. The number of benzene rings is 2. The normalized spacial score (nSPS) is 10.3. The Kier molecular flexibility index (Phi) is 3.56. The van der Waals surface area contributed by atoms with Crippen molar-refractivity contribution in [2.75, 3.05) is 5.32 Å². The van der Waals surface area contributed by atoms with Crippen molar-refractivity contribution in [2.45, 2.75) is 20.8 Å². The molecule has 3 nitrogen and oxygen atoms in total. The fraction of sp³-hybridized carbons (Fsp3) is 0.188. The van der Waals surface area contributed by atoms with Crippen molar-refractivity contribution >= 4 is 17.3 Å². The Labute approximate surface area is 112 Å². The molecule has 0 saturated heterocycles. The van der Waals surface area contributed by atoms with Crippen LogP contribution < -0.4 is 5.32 Å². The van der Waals surface area contributed by atoms with Gasteiger partial charge in [0.25, 0.3) is 0 Å². The zero-order valence-electron chi connectivity index (χ0n) is 11.3. The SMILES string of the molecule is Cc1cc(C)cc(Nc2ccc(C)cc2C(=O)O)c1. The van der Waals surface area contributed by atoms with Gasteiger partial charge in [-0.1, -0.05) is 17.7 Å². The van der Waals surface area contributed by atoms with Gasteiger partial charge in [-0.2, -0.15) is 0 Å². The molecule has 0 atom stereocenters. The average molecular weight is 255 g/mol. The van der Waals surface area contributed by atoms with Gasteiger partial charge >= 0.3 is 5.97 Å². The van der Waals surface area contributed by atoms with Gasteiger partial charge in [0.05, 0.1) is 11.3 Å². The monoisotopic (exact) mass is 255 g/mol. The molecule has 0 heterocycles. The third-order valence-corrected chi connectivity index (χ3v) is 2.91. The van der Waals surface area contributed by atoms with Crippen LogP contribution in [0.15, 0.2) is 36.4 Å². The Balaban J connectivity index is 2.40. The summed E-state index contributed by atoms with van der Waals surface area (Å²) in [5, 5.41) is 12.4. The molecule has 3 heteroatoms. The molecule has 2 N–H and O–H groups in total. The van der Waals surface area contributed by atoms with E-state index in [4.69, 9.17) is 0 Å². The average Bonchev–Trinajstić information content (AvgIpc) is 2.30. The Morgan fingerprint density at radius 2 is 1.58 bits per heavy atom.